The van der Waals surface area contributed by atoms with Crippen LogP contribution in [0.4, 0.5) is 0 Å². The minimum Gasteiger partial charge on any atom is -0.303 e. The SMILES string of the molecule is CC(CNS(=O)(=O)CCCl)CN1CCCCC1. The molecule has 0 aromatic rings. The Morgan fingerprint density at radius 2 is 1.94 bits per heavy atom. The Morgan fingerprint density at radius 3 is 2.53 bits per heavy atom. The summed E-state index contributed by atoms with van der Waals surface area (Å²) in [6.07, 6.45) is 3.86. The van der Waals surface area contributed by atoms with Gasteiger partial charge in [0.2, 0.25) is 10.0 Å². The maximum Gasteiger partial charge on any atom is 0.212 e. The number of piperidine rings is 1. The minimum absolute atomic E-state index is 0.00495. The van der Waals surface area contributed by atoms with Crippen LogP contribution in [0, 0.1) is 5.92 Å². The molecule has 0 spiro atoms. The van der Waals surface area contributed by atoms with Gasteiger partial charge in [-0.2, -0.15) is 0 Å². The van der Waals surface area contributed by atoms with E-state index in [9.17, 15) is 8.42 Å². The second-order valence-corrected chi connectivity index (χ2v) is 7.13. The maximum absolute atomic E-state index is 11.4. The number of hydrogen-bond donors (Lipinski definition) is 1. The number of hydrogen-bond acceptors (Lipinski definition) is 3. The van der Waals surface area contributed by atoms with E-state index in [1.807, 2.05) is 0 Å². The van der Waals surface area contributed by atoms with Crippen LogP contribution in [-0.4, -0.2) is 51.1 Å². The molecule has 1 aliphatic rings. The van der Waals surface area contributed by atoms with E-state index >= 15 is 0 Å². The van der Waals surface area contributed by atoms with Crippen molar-refractivity contribution >= 4 is 21.6 Å². The molecule has 6 heteroatoms. The fourth-order valence-corrected chi connectivity index (χ4v) is 3.59. The zero-order chi connectivity index (χ0) is 12.7. The Morgan fingerprint density at radius 1 is 1.29 bits per heavy atom. The highest BCUT2D eigenvalue weighted by Gasteiger charge is 2.15. The fraction of sp³-hybridized carbons (Fsp3) is 1.00. The first kappa shape index (κ1) is 15.2. The first-order chi connectivity index (χ1) is 8.03. The molecule has 1 fully saturated rings. The topological polar surface area (TPSA) is 49.4 Å². The van der Waals surface area contributed by atoms with Crippen LogP contribution in [0.5, 0.6) is 0 Å². The number of halogens is 1. The molecule has 0 saturated carbocycles. The molecule has 1 N–H and O–H groups in total. The summed E-state index contributed by atoms with van der Waals surface area (Å²) in [6.45, 7) is 5.87. The van der Waals surface area contributed by atoms with Crippen LogP contribution < -0.4 is 4.72 Å². The van der Waals surface area contributed by atoms with E-state index in [1.54, 1.807) is 0 Å². The summed E-state index contributed by atoms with van der Waals surface area (Å²) in [6, 6.07) is 0. The van der Waals surface area contributed by atoms with Gasteiger partial charge in [-0.25, -0.2) is 13.1 Å². The average Bonchev–Trinajstić information content (AvgIpc) is 2.28. The van der Waals surface area contributed by atoms with E-state index in [4.69, 9.17) is 11.6 Å². The molecular weight excluding hydrogens is 260 g/mol. The van der Waals surface area contributed by atoms with Crippen LogP contribution in [-0.2, 0) is 10.0 Å². The Labute approximate surface area is 110 Å². The monoisotopic (exact) mass is 282 g/mol. The third-order valence-electron chi connectivity index (χ3n) is 3.02. The lowest BCUT2D eigenvalue weighted by atomic mass is 10.1. The molecule has 102 valence electrons. The molecule has 1 unspecified atom stereocenters. The highest BCUT2D eigenvalue weighted by molar-refractivity contribution is 7.89. The highest BCUT2D eigenvalue weighted by atomic mass is 35.5. The van der Waals surface area contributed by atoms with Crippen LogP contribution in [0.1, 0.15) is 26.2 Å². The van der Waals surface area contributed by atoms with Crippen LogP contribution in [0.2, 0.25) is 0 Å². The summed E-state index contributed by atoms with van der Waals surface area (Å²) in [5, 5.41) is 0. The normalized spacial score (nSPS) is 20.4. The van der Waals surface area contributed by atoms with Gasteiger partial charge in [0.25, 0.3) is 0 Å². The van der Waals surface area contributed by atoms with Gasteiger partial charge in [0.1, 0.15) is 0 Å². The average molecular weight is 283 g/mol. The Bertz CT molecular complexity index is 303. The summed E-state index contributed by atoms with van der Waals surface area (Å²) < 4.78 is 25.4. The molecule has 0 aromatic carbocycles. The highest BCUT2D eigenvalue weighted by Crippen LogP contribution is 2.10. The summed E-state index contributed by atoms with van der Waals surface area (Å²) in [4.78, 5) is 2.42. The Balaban J connectivity index is 2.22. The van der Waals surface area contributed by atoms with Crippen LogP contribution in [0.15, 0.2) is 0 Å². The van der Waals surface area contributed by atoms with Crippen molar-refractivity contribution in [3.8, 4) is 0 Å². The van der Waals surface area contributed by atoms with Crippen molar-refractivity contribution in [3.63, 3.8) is 0 Å². The lowest BCUT2D eigenvalue weighted by molar-refractivity contribution is 0.201. The van der Waals surface area contributed by atoms with Gasteiger partial charge < -0.3 is 4.90 Å². The number of alkyl halides is 1. The van der Waals surface area contributed by atoms with Gasteiger partial charge >= 0.3 is 0 Å². The van der Waals surface area contributed by atoms with Gasteiger partial charge in [0.15, 0.2) is 0 Å². The standard InChI is InChI=1S/C11H23ClN2O2S/c1-11(9-13-17(15,16)8-5-12)10-14-6-3-2-4-7-14/h11,13H,2-10H2,1H3. The summed E-state index contributed by atoms with van der Waals surface area (Å²) in [5.41, 5.74) is 0. The number of sulfonamides is 1. The predicted octanol–water partition coefficient (Wildman–Crippen LogP) is 1.27. The fourth-order valence-electron chi connectivity index (χ4n) is 2.09. The van der Waals surface area contributed by atoms with Crippen LogP contribution >= 0.6 is 11.6 Å². The zero-order valence-electron chi connectivity index (χ0n) is 10.5. The zero-order valence-corrected chi connectivity index (χ0v) is 12.1. The molecule has 1 atom stereocenters. The summed E-state index contributed by atoms with van der Waals surface area (Å²) in [5.74, 6) is 0.499. The molecular formula is C11H23ClN2O2S. The van der Waals surface area contributed by atoms with Gasteiger partial charge in [0, 0.05) is 19.0 Å². The molecule has 1 aliphatic heterocycles. The van der Waals surface area contributed by atoms with E-state index in [1.165, 1.54) is 19.3 Å². The van der Waals surface area contributed by atoms with Crippen LogP contribution in [0.3, 0.4) is 0 Å². The van der Waals surface area contributed by atoms with Gasteiger partial charge in [-0.1, -0.05) is 13.3 Å². The first-order valence-corrected chi connectivity index (χ1v) is 8.48. The molecule has 4 nitrogen and oxygen atoms in total. The molecule has 0 radical (unpaired) electrons. The lowest BCUT2D eigenvalue weighted by Gasteiger charge is -2.29. The van der Waals surface area contributed by atoms with Crippen LogP contribution in [0.25, 0.3) is 0 Å². The van der Waals surface area contributed by atoms with E-state index in [0.717, 1.165) is 19.6 Å². The molecule has 0 amide bonds. The minimum atomic E-state index is -3.17. The number of nitrogens with zero attached hydrogens (tertiary/aromatic N) is 1. The van der Waals surface area contributed by atoms with Crippen molar-refractivity contribution in [2.24, 2.45) is 5.92 Å². The number of likely N-dealkylation sites (tertiary alicyclic amines) is 1. The molecule has 0 aromatic heterocycles. The third kappa shape index (κ3) is 6.60. The van der Waals surface area contributed by atoms with Crippen molar-refractivity contribution in [2.45, 2.75) is 26.2 Å². The largest absolute Gasteiger partial charge is 0.303 e. The van der Waals surface area contributed by atoms with Crippen molar-refractivity contribution < 1.29 is 8.42 Å². The smallest absolute Gasteiger partial charge is 0.212 e. The van der Waals surface area contributed by atoms with Crippen molar-refractivity contribution in [3.05, 3.63) is 0 Å². The Hall–Kier alpha value is 0.160. The molecule has 1 heterocycles. The molecule has 17 heavy (non-hydrogen) atoms. The second kappa shape index (κ2) is 7.56. The third-order valence-corrected chi connectivity index (χ3v) is 4.78. The van der Waals surface area contributed by atoms with Crippen molar-refractivity contribution in [1.82, 2.24) is 9.62 Å². The maximum atomic E-state index is 11.4. The van der Waals surface area contributed by atoms with Gasteiger partial charge in [-0.15, -0.1) is 11.6 Å². The molecule has 0 bridgehead atoms. The van der Waals surface area contributed by atoms with E-state index in [-0.39, 0.29) is 11.6 Å². The second-order valence-electron chi connectivity index (χ2n) is 4.82. The Kier molecular flexibility index (Phi) is 6.77. The number of nitrogens with one attached hydrogen (secondary N) is 1. The van der Waals surface area contributed by atoms with E-state index in [2.05, 4.69) is 16.5 Å². The molecule has 1 rings (SSSR count). The first-order valence-electron chi connectivity index (χ1n) is 6.29. The molecule has 0 aliphatic carbocycles. The predicted molar refractivity (Wildman–Crippen MR) is 72.0 cm³/mol. The van der Waals surface area contributed by atoms with Crippen molar-refractivity contribution in [2.75, 3.05) is 37.8 Å². The lowest BCUT2D eigenvalue weighted by Crippen LogP contribution is -2.38. The van der Waals surface area contributed by atoms with Gasteiger partial charge in [-0.3, -0.25) is 0 Å². The molecule has 1 saturated heterocycles. The number of rotatable bonds is 7. The summed E-state index contributed by atoms with van der Waals surface area (Å²) >= 11 is 5.43. The summed E-state index contributed by atoms with van der Waals surface area (Å²) in [7, 11) is -3.17. The quantitative estimate of drug-likeness (QED) is 0.716. The van der Waals surface area contributed by atoms with E-state index < -0.39 is 10.0 Å². The van der Waals surface area contributed by atoms with Gasteiger partial charge in [-0.05, 0) is 31.8 Å². The van der Waals surface area contributed by atoms with E-state index in [0.29, 0.717) is 12.5 Å². The van der Waals surface area contributed by atoms with Gasteiger partial charge in [0.05, 0.1) is 5.75 Å². The van der Waals surface area contributed by atoms with Crippen molar-refractivity contribution in [1.29, 1.82) is 0 Å².